The van der Waals surface area contributed by atoms with E-state index in [-0.39, 0.29) is 11.8 Å². The summed E-state index contributed by atoms with van der Waals surface area (Å²) < 4.78 is 11.2. The largest absolute Gasteiger partial charge is 0.486 e. The topological polar surface area (TPSA) is 67.9 Å². The van der Waals surface area contributed by atoms with E-state index >= 15 is 0 Å². The molecule has 6 heteroatoms. The summed E-state index contributed by atoms with van der Waals surface area (Å²) in [4.78, 5) is 27.1. The standard InChI is InChI=1S/C23H28N2O4/c1-3-24-23(27)17(2)25(16-19-7-5-4-6-8-19)22(26)12-10-18-9-11-20-21(15-18)29-14-13-28-20/h4-9,11,15,17H,3,10,12-14,16H2,1-2H3,(H,24,27). The number of carbonyl (C=O) groups excluding carboxylic acids is 2. The number of benzene rings is 2. The van der Waals surface area contributed by atoms with Gasteiger partial charge in [0.05, 0.1) is 0 Å². The lowest BCUT2D eigenvalue weighted by Gasteiger charge is -2.29. The molecule has 1 aliphatic heterocycles. The van der Waals surface area contributed by atoms with Crippen LogP contribution >= 0.6 is 0 Å². The van der Waals surface area contributed by atoms with Crippen molar-refractivity contribution in [1.82, 2.24) is 10.2 Å². The summed E-state index contributed by atoms with van der Waals surface area (Å²) >= 11 is 0. The Bertz CT molecular complexity index is 838. The first kappa shape index (κ1) is 20.7. The van der Waals surface area contributed by atoms with Crippen molar-refractivity contribution in [2.24, 2.45) is 0 Å². The predicted molar refractivity (Wildman–Crippen MR) is 111 cm³/mol. The van der Waals surface area contributed by atoms with E-state index in [0.717, 1.165) is 22.6 Å². The zero-order valence-corrected chi connectivity index (χ0v) is 17.0. The van der Waals surface area contributed by atoms with Gasteiger partial charge in [0.2, 0.25) is 11.8 Å². The Labute approximate surface area is 171 Å². The molecule has 1 unspecified atom stereocenters. The van der Waals surface area contributed by atoms with Crippen LogP contribution in [0.5, 0.6) is 11.5 Å². The number of rotatable bonds is 8. The van der Waals surface area contributed by atoms with E-state index in [9.17, 15) is 9.59 Å². The summed E-state index contributed by atoms with van der Waals surface area (Å²) in [6.45, 7) is 5.67. The van der Waals surface area contributed by atoms with Crippen molar-refractivity contribution in [1.29, 1.82) is 0 Å². The molecule has 1 atom stereocenters. The first-order chi connectivity index (χ1) is 14.1. The molecular weight excluding hydrogens is 368 g/mol. The number of carbonyl (C=O) groups is 2. The van der Waals surface area contributed by atoms with E-state index in [1.165, 1.54) is 0 Å². The van der Waals surface area contributed by atoms with Gasteiger partial charge in [-0.3, -0.25) is 9.59 Å². The zero-order chi connectivity index (χ0) is 20.6. The Morgan fingerprint density at radius 3 is 2.48 bits per heavy atom. The molecule has 6 nitrogen and oxygen atoms in total. The summed E-state index contributed by atoms with van der Waals surface area (Å²) in [6.07, 6.45) is 0.888. The first-order valence-electron chi connectivity index (χ1n) is 10.1. The molecule has 1 heterocycles. The van der Waals surface area contributed by atoms with Crippen molar-refractivity contribution in [3.05, 3.63) is 59.7 Å². The molecule has 1 aliphatic rings. The van der Waals surface area contributed by atoms with Gasteiger partial charge in [-0.1, -0.05) is 36.4 Å². The molecule has 0 saturated carbocycles. The van der Waals surface area contributed by atoms with Crippen LogP contribution in [0, 0.1) is 0 Å². The molecule has 154 valence electrons. The second-order valence-electron chi connectivity index (χ2n) is 7.06. The van der Waals surface area contributed by atoms with Crippen LogP contribution in [0.25, 0.3) is 0 Å². The molecule has 0 bridgehead atoms. The summed E-state index contributed by atoms with van der Waals surface area (Å²) in [6, 6.07) is 15.0. The smallest absolute Gasteiger partial charge is 0.242 e. The number of aryl methyl sites for hydroxylation is 1. The predicted octanol–water partition coefficient (Wildman–Crippen LogP) is 2.94. The molecule has 0 aromatic heterocycles. The minimum absolute atomic E-state index is 0.0532. The number of hydrogen-bond acceptors (Lipinski definition) is 4. The zero-order valence-electron chi connectivity index (χ0n) is 17.0. The molecule has 0 fully saturated rings. The molecule has 2 aromatic carbocycles. The summed E-state index contributed by atoms with van der Waals surface area (Å²) in [5.74, 6) is 1.26. The average molecular weight is 396 g/mol. The highest BCUT2D eigenvalue weighted by molar-refractivity contribution is 5.87. The van der Waals surface area contributed by atoms with Gasteiger partial charge in [0.1, 0.15) is 19.3 Å². The molecule has 3 rings (SSSR count). The number of amides is 2. The number of ether oxygens (including phenoxy) is 2. The first-order valence-corrected chi connectivity index (χ1v) is 10.1. The van der Waals surface area contributed by atoms with Crippen molar-refractivity contribution < 1.29 is 19.1 Å². The SMILES string of the molecule is CCNC(=O)C(C)N(Cc1ccccc1)C(=O)CCc1ccc2c(c1)OCCO2. The third-order valence-corrected chi connectivity index (χ3v) is 4.95. The second kappa shape index (κ2) is 9.96. The van der Waals surface area contributed by atoms with Gasteiger partial charge in [0.15, 0.2) is 11.5 Å². The summed E-state index contributed by atoms with van der Waals surface area (Å²) in [7, 11) is 0. The Hall–Kier alpha value is -3.02. The quantitative estimate of drug-likeness (QED) is 0.745. The van der Waals surface area contributed by atoms with Crippen LogP contribution in [0.15, 0.2) is 48.5 Å². The van der Waals surface area contributed by atoms with Crippen LogP contribution in [0.1, 0.15) is 31.4 Å². The second-order valence-corrected chi connectivity index (χ2v) is 7.06. The fourth-order valence-electron chi connectivity index (χ4n) is 3.32. The number of likely N-dealkylation sites (N-methyl/N-ethyl adjacent to an activating group) is 1. The van der Waals surface area contributed by atoms with E-state index in [4.69, 9.17) is 9.47 Å². The molecule has 0 radical (unpaired) electrons. The van der Waals surface area contributed by atoms with Gasteiger partial charge >= 0.3 is 0 Å². The van der Waals surface area contributed by atoms with Crippen molar-refractivity contribution in [2.45, 2.75) is 39.3 Å². The molecular formula is C23H28N2O4. The Morgan fingerprint density at radius 2 is 1.76 bits per heavy atom. The van der Waals surface area contributed by atoms with Crippen LogP contribution < -0.4 is 14.8 Å². The molecule has 2 aromatic rings. The number of nitrogens with zero attached hydrogens (tertiary/aromatic N) is 1. The van der Waals surface area contributed by atoms with Gasteiger partial charge in [-0.2, -0.15) is 0 Å². The van der Waals surface area contributed by atoms with E-state index < -0.39 is 6.04 Å². The average Bonchev–Trinajstić information content (AvgIpc) is 2.76. The lowest BCUT2D eigenvalue weighted by Crippen LogP contribution is -2.47. The van der Waals surface area contributed by atoms with Gasteiger partial charge in [-0.05, 0) is 43.5 Å². The number of hydrogen-bond donors (Lipinski definition) is 1. The lowest BCUT2D eigenvalue weighted by atomic mass is 10.1. The van der Waals surface area contributed by atoms with Gasteiger partial charge in [0, 0.05) is 19.5 Å². The maximum atomic E-state index is 13.0. The van der Waals surface area contributed by atoms with Gasteiger partial charge in [0.25, 0.3) is 0 Å². The molecule has 0 saturated heterocycles. The molecule has 2 amide bonds. The monoisotopic (exact) mass is 396 g/mol. The van der Waals surface area contributed by atoms with Crippen LogP contribution in [0.4, 0.5) is 0 Å². The summed E-state index contributed by atoms with van der Waals surface area (Å²) in [5.41, 5.74) is 2.00. The van der Waals surface area contributed by atoms with Gasteiger partial charge in [-0.15, -0.1) is 0 Å². The van der Waals surface area contributed by atoms with Gasteiger partial charge in [-0.25, -0.2) is 0 Å². The van der Waals surface area contributed by atoms with Crippen LogP contribution in [0.2, 0.25) is 0 Å². The Morgan fingerprint density at radius 1 is 1.03 bits per heavy atom. The highest BCUT2D eigenvalue weighted by Crippen LogP contribution is 2.31. The maximum Gasteiger partial charge on any atom is 0.242 e. The van der Waals surface area contributed by atoms with Gasteiger partial charge < -0.3 is 19.7 Å². The number of fused-ring (bicyclic) bond motifs is 1. The third kappa shape index (κ3) is 5.50. The molecule has 0 spiro atoms. The lowest BCUT2D eigenvalue weighted by molar-refractivity contribution is -0.140. The fraction of sp³-hybridized carbons (Fsp3) is 0.391. The minimum Gasteiger partial charge on any atom is -0.486 e. The van der Waals surface area contributed by atoms with E-state index in [1.54, 1.807) is 11.8 Å². The Balaban J connectivity index is 1.69. The normalized spacial score (nSPS) is 13.4. The molecule has 1 N–H and O–H groups in total. The third-order valence-electron chi connectivity index (χ3n) is 4.95. The van der Waals surface area contributed by atoms with Crippen molar-refractivity contribution >= 4 is 11.8 Å². The minimum atomic E-state index is -0.539. The Kier molecular flexibility index (Phi) is 7.11. The van der Waals surface area contributed by atoms with Crippen LogP contribution in [-0.2, 0) is 22.6 Å². The van der Waals surface area contributed by atoms with E-state index in [1.807, 2.05) is 55.5 Å². The highest BCUT2D eigenvalue weighted by Gasteiger charge is 2.25. The number of nitrogens with one attached hydrogen (secondary N) is 1. The van der Waals surface area contributed by atoms with Crippen molar-refractivity contribution in [2.75, 3.05) is 19.8 Å². The van der Waals surface area contributed by atoms with Crippen molar-refractivity contribution in [3.63, 3.8) is 0 Å². The van der Waals surface area contributed by atoms with E-state index in [2.05, 4.69) is 5.32 Å². The van der Waals surface area contributed by atoms with Crippen molar-refractivity contribution in [3.8, 4) is 11.5 Å². The molecule has 0 aliphatic carbocycles. The molecule has 29 heavy (non-hydrogen) atoms. The fourth-order valence-corrected chi connectivity index (χ4v) is 3.32. The van der Waals surface area contributed by atoms with Crippen LogP contribution in [-0.4, -0.2) is 42.5 Å². The van der Waals surface area contributed by atoms with Crippen LogP contribution in [0.3, 0.4) is 0 Å². The maximum absolute atomic E-state index is 13.0. The van der Waals surface area contributed by atoms with E-state index in [0.29, 0.717) is 39.1 Å². The highest BCUT2D eigenvalue weighted by atomic mass is 16.6. The summed E-state index contributed by atoms with van der Waals surface area (Å²) in [5, 5.41) is 2.81.